The molecule has 0 spiro atoms. The first-order valence-corrected chi connectivity index (χ1v) is 6.98. The molecule has 5 nitrogen and oxygen atoms in total. The Kier molecular flexibility index (Phi) is 4.11. The van der Waals surface area contributed by atoms with Crippen LogP contribution in [0.1, 0.15) is 11.3 Å². The molecule has 122 valence electrons. The number of alkyl halides is 3. The third-order valence-electron chi connectivity index (χ3n) is 3.10. The summed E-state index contributed by atoms with van der Waals surface area (Å²) in [4.78, 5) is 15.7. The average molecular weight is 331 g/mol. The zero-order chi connectivity index (χ0) is 17.2. The fourth-order valence-electron chi connectivity index (χ4n) is 2.14. The molecule has 0 aliphatic carbocycles. The molecule has 2 aromatic heterocycles. The first kappa shape index (κ1) is 15.9. The summed E-state index contributed by atoms with van der Waals surface area (Å²) in [6.07, 6.45) is -0.217. The van der Waals surface area contributed by atoms with Gasteiger partial charge in [-0.3, -0.25) is 0 Å². The number of halogens is 3. The van der Waals surface area contributed by atoms with Crippen LogP contribution in [0.3, 0.4) is 0 Å². The van der Waals surface area contributed by atoms with Gasteiger partial charge in [-0.1, -0.05) is 0 Å². The average Bonchev–Trinajstić information content (AvgIpc) is 2.54. The van der Waals surface area contributed by atoms with Gasteiger partial charge in [0, 0.05) is 29.8 Å². The first-order chi connectivity index (χ1) is 11.4. The molecule has 1 aromatic carbocycles. The van der Waals surface area contributed by atoms with Gasteiger partial charge in [-0.15, -0.1) is 0 Å². The lowest BCUT2D eigenvalue weighted by Gasteiger charge is -2.10. The molecule has 2 heterocycles. The zero-order valence-electron chi connectivity index (χ0n) is 12.5. The molecule has 0 bridgehead atoms. The van der Waals surface area contributed by atoms with Crippen molar-refractivity contribution in [3.63, 3.8) is 0 Å². The summed E-state index contributed by atoms with van der Waals surface area (Å²) >= 11 is 0. The van der Waals surface area contributed by atoms with Gasteiger partial charge in [-0.05, 0) is 42.8 Å². The Hall–Kier alpha value is -3.03. The van der Waals surface area contributed by atoms with E-state index < -0.39 is 11.9 Å². The first-order valence-electron chi connectivity index (χ1n) is 6.98. The van der Waals surface area contributed by atoms with Crippen LogP contribution >= 0.6 is 0 Å². The number of anilines is 2. The molecule has 3 rings (SSSR count). The van der Waals surface area contributed by atoms with Gasteiger partial charge < -0.3 is 5.32 Å². The summed E-state index contributed by atoms with van der Waals surface area (Å²) in [7, 11) is 0. The smallest absolute Gasteiger partial charge is 0.324 e. The van der Waals surface area contributed by atoms with Gasteiger partial charge in [0.2, 0.25) is 5.95 Å². The van der Waals surface area contributed by atoms with Gasteiger partial charge in [-0.2, -0.15) is 13.2 Å². The van der Waals surface area contributed by atoms with Crippen LogP contribution in [0.5, 0.6) is 0 Å². The number of aromatic nitrogens is 4. The fourth-order valence-corrected chi connectivity index (χ4v) is 2.14. The van der Waals surface area contributed by atoms with Crippen LogP contribution in [-0.4, -0.2) is 19.9 Å². The van der Waals surface area contributed by atoms with Crippen molar-refractivity contribution < 1.29 is 13.2 Å². The molecule has 0 saturated heterocycles. The van der Waals surface area contributed by atoms with E-state index in [1.807, 2.05) is 13.0 Å². The van der Waals surface area contributed by atoms with Gasteiger partial charge in [0.25, 0.3) is 0 Å². The minimum Gasteiger partial charge on any atom is -0.324 e. The molecule has 1 N–H and O–H groups in total. The molecule has 3 aromatic rings. The van der Waals surface area contributed by atoms with E-state index in [1.165, 1.54) is 0 Å². The lowest BCUT2D eigenvalue weighted by molar-refractivity contribution is -0.141. The third kappa shape index (κ3) is 3.65. The number of rotatable bonds is 3. The molecule has 0 radical (unpaired) electrons. The standard InChI is InChI=1S/C16H12F3N5/c1-10-7-11(14-20-4-2-5-21-14)9-12(8-10)23-15-22-6-3-13(24-15)16(17,18)19/h2-9H,1H3,(H,22,23,24). The summed E-state index contributed by atoms with van der Waals surface area (Å²) in [5, 5.41) is 2.79. The van der Waals surface area contributed by atoms with Gasteiger partial charge >= 0.3 is 6.18 Å². The number of aryl methyl sites for hydroxylation is 1. The van der Waals surface area contributed by atoms with Crippen molar-refractivity contribution >= 4 is 11.6 Å². The van der Waals surface area contributed by atoms with Gasteiger partial charge in [0.05, 0.1) is 0 Å². The number of benzene rings is 1. The Morgan fingerprint density at radius 2 is 1.71 bits per heavy atom. The SMILES string of the molecule is Cc1cc(Nc2nccc(C(F)(F)F)n2)cc(-c2ncccn2)c1. The van der Waals surface area contributed by atoms with E-state index in [1.54, 1.807) is 30.6 Å². The van der Waals surface area contributed by atoms with Crippen molar-refractivity contribution in [2.45, 2.75) is 13.1 Å². The summed E-state index contributed by atoms with van der Waals surface area (Å²) < 4.78 is 38.2. The molecule has 24 heavy (non-hydrogen) atoms. The third-order valence-corrected chi connectivity index (χ3v) is 3.10. The fraction of sp³-hybridized carbons (Fsp3) is 0.125. The van der Waals surface area contributed by atoms with Gasteiger partial charge in [0.15, 0.2) is 5.82 Å². The Bertz CT molecular complexity index is 850. The summed E-state index contributed by atoms with van der Waals surface area (Å²) in [5.41, 5.74) is 1.19. The predicted molar refractivity (Wildman–Crippen MR) is 82.5 cm³/mol. The highest BCUT2D eigenvalue weighted by Crippen LogP contribution is 2.28. The van der Waals surface area contributed by atoms with Crippen molar-refractivity contribution in [2.75, 3.05) is 5.32 Å². The van der Waals surface area contributed by atoms with Crippen LogP contribution in [0, 0.1) is 6.92 Å². The lowest BCUT2D eigenvalue weighted by Crippen LogP contribution is -2.10. The Balaban J connectivity index is 1.92. The Labute approximate surface area is 135 Å². The van der Waals surface area contributed by atoms with E-state index in [9.17, 15) is 13.2 Å². The molecular weight excluding hydrogens is 319 g/mol. The van der Waals surface area contributed by atoms with Gasteiger partial charge in [0.1, 0.15) is 5.69 Å². The second-order valence-electron chi connectivity index (χ2n) is 5.05. The van der Waals surface area contributed by atoms with E-state index in [0.29, 0.717) is 11.5 Å². The van der Waals surface area contributed by atoms with Crippen LogP contribution in [0.25, 0.3) is 11.4 Å². The maximum absolute atomic E-state index is 12.7. The van der Waals surface area contributed by atoms with E-state index in [2.05, 4.69) is 25.3 Å². The number of nitrogens with zero attached hydrogens (tertiary/aromatic N) is 4. The van der Waals surface area contributed by atoms with Crippen LogP contribution in [0.2, 0.25) is 0 Å². The second kappa shape index (κ2) is 6.23. The monoisotopic (exact) mass is 331 g/mol. The molecule has 0 aliphatic heterocycles. The highest BCUT2D eigenvalue weighted by molar-refractivity contribution is 5.66. The van der Waals surface area contributed by atoms with Crippen molar-refractivity contribution in [3.8, 4) is 11.4 Å². The van der Waals surface area contributed by atoms with E-state index in [0.717, 1.165) is 23.4 Å². The molecule has 0 fully saturated rings. The largest absolute Gasteiger partial charge is 0.433 e. The van der Waals surface area contributed by atoms with Crippen molar-refractivity contribution in [1.29, 1.82) is 0 Å². The maximum atomic E-state index is 12.7. The quantitative estimate of drug-likeness (QED) is 0.786. The highest BCUT2D eigenvalue weighted by Gasteiger charge is 2.32. The maximum Gasteiger partial charge on any atom is 0.433 e. The summed E-state index contributed by atoms with van der Waals surface area (Å²) in [5.74, 6) is 0.393. The Morgan fingerprint density at radius 3 is 2.42 bits per heavy atom. The molecule has 0 atom stereocenters. The molecule has 0 amide bonds. The Morgan fingerprint density at radius 1 is 0.958 bits per heavy atom. The number of hydrogen-bond acceptors (Lipinski definition) is 5. The molecule has 0 saturated carbocycles. The van der Waals surface area contributed by atoms with Crippen LogP contribution in [0.4, 0.5) is 24.8 Å². The molecular formula is C16H12F3N5. The van der Waals surface area contributed by atoms with Crippen LogP contribution < -0.4 is 5.32 Å². The number of hydrogen-bond donors (Lipinski definition) is 1. The normalized spacial score (nSPS) is 11.3. The van der Waals surface area contributed by atoms with E-state index in [4.69, 9.17) is 0 Å². The number of nitrogens with one attached hydrogen (secondary N) is 1. The van der Waals surface area contributed by atoms with E-state index >= 15 is 0 Å². The van der Waals surface area contributed by atoms with E-state index in [-0.39, 0.29) is 5.95 Å². The van der Waals surface area contributed by atoms with Crippen molar-refractivity contribution in [3.05, 3.63) is 60.2 Å². The minimum atomic E-state index is -4.52. The molecule has 0 unspecified atom stereocenters. The summed E-state index contributed by atoms with van der Waals surface area (Å²) in [6.45, 7) is 1.87. The predicted octanol–water partition coefficient (Wildman–Crippen LogP) is 4.00. The zero-order valence-corrected chi connectivity index (χ0v) is 12.5. The van der Waals surface area contributed by atoms with Gasteiger partial charge in [-0.25, -0.2) is 19.9 Å². The molecule has 8 heteroatoms. The highest BCUT2D eigenvalue weighted by atomic mass is 19.4. The van der Waals surface area contributed by atoms with Crippen molar-refractivity contribution in [2.24, 2.45) is 0 Å². The molecule has 0 aliphatic rings. The lowest BCUT2D eigenvalue weighted by atomic mass is 10.1. The van der Waals surface area contributed by atoms with Crippen LogP contribution in [0.15, 0.2) is 48.9 Å². The topological polar surface area (TPSA) is 63.6 Å². The second-order valence-corrected chi connectivity index (χ2v) is 5.05. The summed E-state index contributed by atoms with van der Waals surface area (Å²) in [6, 6.07) is 7.91. The minimum absolute atomic E-state index is 0.129. The van der Waals surface area contributed by atoms with Crippen molar-refractivity contribution in [1.82, 2.24) is 19.9 Å². The van der Waals surface area contributed by atoms with Crippen LogP contribution in [-0.2, 0) is 6.18 Å².